The van der Waals surface area contributed by atoms with Crippen LogP contribution >= 0.6 is 23.1 Å². The van der Waals surface area contributed by atoms with Gasteiger partial charge in [0.05, 0.1) is 11.1 Å². The zero-order valence-corrected chi connectivity index (χ0v) is 18.2. The summed E-state index contributed by atoms with van der Waals surface area (Å²) in [5.41, 5.74) is 1.85. The summed E-state index contributed by atoms with van der Waals surface area (Å²) < 4.78 is 29.1. The van der Waals surface area contributed by atoms with Crippen LogP contribution in [0.5, 0.6) is 0 Å². The van der Waals surface area contributed by atoms with Crippen LogP contribution in [0.2, 0.25) is 0 Å². The maximum absolute atomic E-state index is 14.1. The zero-order valence-electron chi connectivity index (χ0n) is 16.6. The second kappa shape index (κ2) is 8.70. The summed E-state index contributed by atoms with van der Waals surface area (Å²) in [7, 11) is 0. The molecule has 4 rings (SSSR count). The molecule has 154 valence electrons. The standard InChI is InChI=1S/C23H20F2N2OS2/c1-3-6-19-14(2)20-21(30-19)26-23(29-13-15-7-4-5-8-18(15)25)27(22(20)28)17-11-9-16(24)10-12-17/h4-5,7-12H,3,6,13H2,1-2H3. The maximum Gasteiger partial charge on any atom is 0.267 e. The number of halogens is 2. The number of aromatic nitrogens is 2. The third-order valence-electron chi connectivity index (χ3n) is 4.91. The number of thiophene rings is 1. The lowest BCUT2D eigenvalue weighted by atomic mass is 10.1. The first kappa shape index (κ1) is 20.8. The van der Waals surface area contributed by atoms with Crippen molar-refractivity contribution in [1.82, 2.24) is 9.55 Å². The fraction of sp³-hybridized carbons (Fsp3) is 0.217. The molecule has 2 aromatic heterocycles. The van der Waals surface area contributed by atoms with E-state index in [9.17, 15) is 13.6 Å². The molecule has 30 heavy (non-hydrogen) atoms. The van der Waals surface area contributed by atoms with Crippen LogP contribution in [-0.4, -0.2) is 9.55 Å². The Hall–Kier alpha value is -2.51. The SMILES string of the molecule is CCCc1sc2nc(SCc3ccccc3F)n(-c3ccc(F)cc3)c(=O)c2c1C. The molecule has 4 aromatic rings. The zero-order chi connectivity index (χ0) is 21.3. The molecule has 2 aromatic carbocycles. The van der Waals surface area contributed by atoms with Gasteiger partial charge in [-0.2, -0.15) is 0 Å². The Morgan fingerprint density at radius 3 is 2.53 bits per heavy atom. The van der Waals surface area contributed by atoms with Gasteiger partial charge in [0, 0.05) is 10.6 Å². The van der Waals surface area contributed by atoms with Gasteiger partial charge < -0.3 is 0 Å². The number of hydrogen-bond acceptors (Lipinski definition) is 4. The van der Waals surface area contributed by atoms with Gasteiger partial charge >= 0.3 is 0 Å². The van der Waals surface area contributed by atoms with E-state index in [1.165, 1.54) is 45.9 Å². The van der Waals surface area contributed by atoms with E-state index in [2.05, 4.69) is 6.92 Å². The fourth-order valence-corrected chi connectivity index (χ4v) is 5.67. The largest absolute Gasteiger partial charge is 0.268 e. The molecule has 0 atom stereocenters. The molecule has 0 N–H and O–H groups in total. The van der Waals surface area contributed by atoms with Crippen molar-refractivity contribution in [2.24, 2.45) is 0 Å². The number of thioether (sulfide) groups is 1. The lowest BCUT2D eigenvalue weighted by Gasteiger charge is -2.12. The van der Waals surface area contributed by atoms with Crippen molar-refractivity contribution in [3.05, 3.63) is 86.5 Å². The third-order valence-corrected chi connectivity index (χ3v) is 7.14. The molecule has 0 fully saturated rings. The van der Waals surface area contributed by atoms with Crippen LogP contribution in [0, 0.1) is 18.6 Å². The minimum absolute atomic E-state index is 0.182. The highest BCUT2D eigenvalue weighted by Gasteiger charge is 2.19. The Labute approximate surface area is 181 Å². The van der Waals surface area contributed by atoms with Crippen molar-refractivity contribution in [2.75, 3.05) is 0 Å². The maximum atomic E-state index is 14.1. The van der Waals surface area contributed by atoms with Crippen LogP contribution in [0.4, 0.5) is 8.78 Å². The Balaban J connectivity index is 1.88. The van der Waals surface area contributed by atoms with Gasteiger partial charge in [-0.05, 0) is 54.8 Å². The summed E-state index contributed by atoms with van der Waals surface area (Å²) in [6, 6.07) is 12.3. The van der Waals surface area contributed by atoms with Crippen molar-refractivity contribution in [2.45, 2.75) is 37.6 Å². The molecule has 0 saturated carbocycles. The van der Waals surface area contributed by atoms with Crippen molar-refractivity contribution < 1.29 is 8.78 Å². The topological polar surface area (TPSA) is 34.9 Å². The van der Waals surface area contributed by atoms with Gasteiger partial charge in [0.25, 0.3) is 5.56 Å². The summed E-state index contributed by atoms with van der Waals surface area (Å²) in [6.07, 6.45) is 1.87. The number of aryl methyl sites for hydroxylation is 2. The van der Waals surface area contributed by atoms with Crippen LogP contribution in [0.25, 0.3) is 15.9 Å². The molecule has 3 nitrogen and oxygen atoms in total. The third kappa shape index (κ3) is 3.91. The molecule has 0 aliphatic carbocycles. The van der Waals surface area contributed by atoms with E-state index in [0.29, 0.717) is 32.4 Å². The minimum atomic E-state index is -0.377. The average Bonchev–Trinajstić information content (AvgIpc) is 3.04. The van der Waals surface area contributed by atoms with Crippen molar-refractivity contribution in [3.63, 3.8) is 0 Å². The Bertz CT molecular complexity index is 1260. The Morgan fingerprint density at radius 2 is 1.83 bits per heavy atom. The van der Waals surface area contributed by atoms with Crippen molar-refractivity contribution in [3.8, 4) is 5.69 Å². The number of rotatable bonds is 6. The highest BCUT2D eigenvalue weighted by molar-refractivity contribution is 7.98. The van der Waals surface area contributed by atoms with Gasteiger partial charge in [0.15, 0.2) is 5.16 Å². The lowest BCUT2D eigenvalue weighted by molar-refractivity contribution is 0.617. The first-order chi connectivity index (χ1) is 14.5. The molecule has 0 aliphatic heterocycles. The van der Waals surface area contributed by atoms with Gasteiger partial charge in [0.1, 0.15) is 16.5 Å². The molecule has 0 amide bonds. The van der Waals surface area contributed by atoms with Gasteiger partial charge in [-0.15, -0.1) is 11.3 Å². The van der Waals surface area contributed by atoms with Crippen molar-refractivity contribution >= 4 is 33.3 Å². The molecule has 0 aliphatic rings. The smallest absolute Gasteiger partial charge is 0.267 e. The monoisotopic (exact) mass is 442 g/mol. The molecular weight excluding hydrogens is 422 g/mol. The Morgan fingerprint density at radius 1 is 1.10 bits per heavy atom. The molecule has 0 bridgehead atoms. The van der Waals surface area contributed by atoms with Gasteiger partial charge in [0.2, 0.25) is 0 Å². The summed E-state index contributed by atoms with van der Waals surface area (Å²) in [5.74, 6) is -0.338. The predicted molar refractivity (Wildman–Crippen MR) is 120 cm³/mol. The van der Waals surface area contributed by atoms with Crippen LogP contribution in [-0.2, 0) is 12.2 Å². The Kier molecular flexibility index (Phi) is 6.01. The molecule has 2 heterocycles. The predicted octanol–water partition coefficient (Wildman–Crippen LogP) is 6.28. The molecule has 0 saturated heterocycles. The number of nitrogens with zero attached hydrogens (tertiary/aromatic N) is 2. The van der Waals surface area contributed by atoms with Gasteiger partial charge in [-0.25, -0.2) is 13.8 Å². The lowest BCUT2D eigenvalue weighted by Crippen LogP contribution is -2.21. The van der Waals surface area contributed by atoms with E-state index < -0.39 is 0 Å². The van der Waals surface area contributed by atoms with E-state index >= 15 is 0 Å². The molecule has 0 spiro atoms. The summed E-state index contributed by atoms with van der Waals surface area (Å²) in [4.78, 5) is 20.1. The normalized spacial score (nSPS) is 11.3. The molecule has 0 radical (unpaired) electrons. The van der Waals surface area contributed by atoms with Crippen LogP contribution in [0.15, 0.2) is 58.5 Å². The van der Waals surface area contributed by atoms with Crippen LogP contribution in [0.3, 0.4) is 0 Å². The fourth-order valence-electron chi connectivity index (χ4n) is 3.35. The number of hydrogen-bond donors (Lipinski definition) is 0. The molecule has 7 heteroatoms. The van der Waals surface area contributed by atoms with Gasteiger partial charge in [-0.3, -0.25) is 9.36 Å². The van der Waals surface area contributed by atoms with Crippen LogP contribution < -0.4 is 5.56 Å². The summed E-state index contributed by atoms with van der Waals surface area (Å²) in [6.45, 7) is 4.05. The van der Waals surface area contributed by atoms with E-state index in [0.717, 1.165) is 23.3 Å². The average molecular weight is 443 g/mol. The highest BCUT2D eigenvalue weighted by atomic mass is 32.2. The van der Waals surface area contributed by atoms with Crippen molar-refractivity contribution in [1.29, 1.82) is 0 Å². The van der Waals surface area contributed by atoms with Crippen LogP contribution in [0.1, 0.15) is 29.3 Å². The first-order valence-corrected chi connectivity index (χ1v) is 11.5. The number of fused-ring (bicyclic) bond motifs is 1. The first-order valence-electron chi connectivity index (χ1n) is 9.66. The van der Waals surface area contributed by atoms with E-state index in [-0.39, 0.29) is 17.2 Å². The second-order valence-corrected chi connectivity index (χ2v) is 9.00. The molecular formula is C23H20F2N2OS2. The van der Waals surface area contributed by atoms with E-state index in [1.54, 1.807) is 30.3 Å². The summed E-state index contributed by atoms with van der Waals surface area (Å²) >= 11 is 2.83. The quantitative estimate of drug-likeness (QED) is 0.260. The molecule has 0 unspecified atom stereocenters. The highest BCUT2D eigenvalue weighted by Crippen LogP contribution is 2.32. The van der Waals surface area contributed by atoms with E-state index in [4.69, 9.17) is 4.98 Å². The van der Waals surface area contributed by atoms with E-state index in [1.807, 2.05) is 6.92 Å². The second-order valence-electron chi connectivity index (χ2n) is 6.97. The van der Waals surface area contributed by atoms with Gasteiger partial charge in [-0.1, -0.05) is 43.3 Å². The minimum Gasteiger partial charge on any atom is -0.268 e. The number of benzene rings is 2. The summed E-state index contributed by atoms with van der Waals surface area (Å²) in [5, 5.41) is 1.06.